The molecule has 0 spiro atoms. The number of benzene rings is 1. The predicted octanol–water partition coefficient (Wildman–Crippen LogP) is 1.81. The van der Waals surface area contributed by atoms with E-state index in [1.165, 1.54) is 7.11 Å². The van der Waals surface area contributed by atoms with Crippen LogP contribution in [0.2, 0.25) is 0 Å². The van der Waals surface area contributed by atoms with Crippen LogP contribution in [0.15, 0.2) is 18.2 Å². The van der Waals surface area contributed by atoms with E-state index in [2.05, 4.69) is 17.6 Å². The van der Waals surface area contributed by atoms with Crippen LogP contribution in [0.5, 0.6) is 11.5 Å². The van der Waals surface area contributed by atoms with Gasteiger partial charge in [-0.3, -0.25) is 9.59 Å². The topological polar surface area (TPSA) is 85.9 Å². The lowest BCUT2D eigenvalue weighted by molar-refractivity contribution is -0.141. The number of hydrogen-bond acceptors (Lipinski definition) is 6. The Kier molecular flexibility index (Phi) is 7.26. The Morgan fingerprint density at radius 3 is 2.65 bits per heavy atom. The third kappa shape index (κ3) is 5.11. The van der Waals surface area contributed by atoms with Crippen LogP contribution in [0.3, 0.4) is 0 Å². The van der Waals surface area contributed by atoms with Crippen molar-refractivity contribution < 1.29 is 23.8 Å². The minimum absolute atomic E-state index is 0.0332. The van der Waals surface area contributed by atoms with Gasteiger partial charge >= 0.3 is 5.97 Å². The van der Waals surface area contributed by atoms with Gasteiger partial charge in [-0.15, -0.1) is 0 Å². The van der Waals surface area contributed by atoms with Gasteiger partial charge in [0.05, 0.1) is 33.8 Å². The minimum Gasteiger partial charge on any atom is -0.497 e. The summed E-state index contributed by atoms with van der Waals surface area (Å²) < 4.78 is 15.4. The first kappa shape index (κ1) is 20.0. The molecule has 1 heterocycles. The van der Waals surface area contributed by atoms with E-state index in [0.29, 0.717) is 23.1 Å². The highest BCUT2D eigenvalue weighted by atomic mass is 16.5. The molecule has 1 amide bonds. The van der Waals surface area contributed by atoms with Gasteiger partial charge in [-0.2, -0.15) is 0 Å². The van der Waals surface area contributed by atoms with Gasteiger partial charge < -0.3 is 24.8 Å². The Labute approximate surface area is 154 Å². The van der Waals surface area contributed by atoms with Gasteiger partial charge in [0.1, 0.15) is 11.5 Å². The molecule has 1 unspecified atom stereocenters. The summed E-state index contributed by atoms with van der Waals surface area (Å²) in [5, 5.41) is 6.35. The van der Waals surface area contributed by atoms with E-state index < -0.39 is 12.0 Å². The first-order valence-electron chi connectivity index (χ1n) is 8.81. The van der Waals surface area contributed by atoms with Crippen molar-refractivity contribution in [2.24, 2.45) is 5.92 Å². The van der Waals surface area contributed by atoms with Gasteiger partial charge in [0.25, 0.3) is 0 Å². The van der Waals surface area contributed by atoms with Gasteiger partial charge in [0.15, 0.2) is 0 Å². The maximum absolute atomic E-state index is 12.8. The molecular weight excluding hydrogens is 336 g/mol. The van der Waals surface area contributed by atoms with E-state index in [9.17, 15) is 9.59 Å². The number of carbonyl (C=O) groups is 2. The van der Waals surface area contributed by atoms with E-state index in [1.54, 1.807) is 32.4 Å². The molecular formula is C19H28N2O5. The minimum atomic E-state index is -0.527. The molecule has 0 saturated carbocycles. The van der Waals surface area contributed by atoms with E-state index in [0.717, 1.165) is 19.4 Å². The third-order valence-corrected chi connectivity index (χ3v) is 4.73. The summed E-state index contributed by atoms with van der Waals surface area (Å²) in [5.41, 5.74) is 0.717. The average Bonchev–Trinajstić information content (AvgIpc) is 2.66. The Hall–Kier alpha value is -2.28. The fourth-order valence-electron chi connectivity index (χ4n) is 3.25. The number of nitrogens with one attached hydrogen (secondary N) is 2. The van der Waals surface area contributed by atoms with Crippen molar-refractivity contribution >= 4 is 11.9 Å². The first-order valence-corrected chi connectivity index (χ1v) is 8.81. The molecule has 144 valence electrons. The molecule has 1 aliphatic heterocycles. The SMILES string of the molecule is COC(=O)CC(NC(=O)[C@H]1CCN[C@@H](C)C1)c1ccc(OC)cc1OC. The quantitative estimate of drug-likeness (QED) is 0.718. The maximum Gasteiger partial charge on any atom is 0.307 e. The fraction of sp³-hybridized carbons (Fsp3) is 0.579. The van der Waals surface area contributed by atoms with Crippen molar-refractivity contribution in [2.45, 2.75) is 38.3 Å². The van der Waals surface area contributed by atoms with E-state index in [4.69, 9.17) is 14.2 Å². The van der Waals surface area contributed by atoms with Crippen molar-refractivity contribution in [1.82, 2.24) is 10.6 Å². The summed E-state index contributed by atoms with van der Waals surface area (Å²) >= 11 is 0. The monoisotopic (exact) mass is 364 g/mol. The Bertz CT molecular complexity index is 634. The van der Waals surface area contributed by atoms with Crippen LogP contribution in [0.25, 0.3) is 0 Å². The first-order chi connectivity index (χ1) is 12.5. The van der Waals surface area contributed by atoms with Gasteiger partial charge in [0.2, 0.25) is 5.91 Å². The number of ether oxygens (including phenoxy) is 3. The highest BCUT2D eigenvalue weighted by Gasteiger charge is 2.29. The highest BCUT2D eigenvalue weighted by molar-refractivity contribution is 5.80. The normalized spacial score (nSPS) is 20.8. The highest BCUT2D eigenvalue weighted by Crippen LogP contribution is 2.32. The van der Waals surface area contributed by atoms with Gasteiger partial charge in [-0.25, -0.2) is 0 Å². The Balaban J connectivity index is 2.23. The molecule has 0 bridgehead atoms. The van der Waals surface area contributed by atoms with Crippen LogP contribution in [0.4, 0.5) is 0 Å². The van der Waals surface area contributed by atoms with Crippen molar-refractivity contribution in [3.8, 4) is 11.5 Å². The number of amides is 1. The summed E-state index contributed by atoms with van der Waals surface area (Å²) in [6.45, 7) is 2.88. The fourth-order valence-corrected chi connectivity index (χ4v) is 3.25. The van der Waals surface area contributed by atoms with Gasteiger partial charge in [0, 0.05) is 23.6 Å². The number of methoxy groups -OCH3 is 3. The van der Waals surface area contributed by atoms with Gasteiger partial charge in [-0.1, -0.05) is 0 Å². The van der Waals surface area contributed by atoms with Crippen LogP contribution in [-0.4, -0.2) is 45.8 Å². The molecule has 0 aliphatic carbocycles. The lowest BCUT2D eigenvalue weighted by atomic mass is 9.91. The molecule has 1 fully saturated rings. The third-order valence-electron chi connectivity index (χ3n) is 4.73. The molecule has 2 rings (SSSR count). The second kappa shape index (κ2) is 9.43. The zero-order valence-corrected chi connectivity index (χ0v) is 15.8. The van der Waals surface area contributed by atoms with Crippen molar-refractivity contribution in [1.29, 1.82) is 0 Å². The lowest BCUT2D eigenvalue weighted by Crippen LogP contribution is -2.43. The number of rotatable bonds is 7. The summed E-state index contributed by atoms with van der Waals surface area (Å²) in [6.07, 6.45) is 1.59. The largest absolute Gasteiger partial charge is 0.497 e. The Morgan fingerprint density at radius 1 is 1.27 bits per heavy atom. The van der Waals surface area contributed by atoms with E-state index >= 15 is 0 Å². The molecule has 0 aromatic heterocycles. The van der Waals surface area contributed by atoms with Crippen molar-refractivity contribution in [3.05, 3.63) is 23.8 Å². The molecule has 1 saturated heterocycles. The summed E-state index contributed by atoms with van der Waals surface area (Å²) in [5.74, 6) is 0.672. The van der Waals surface area contributed by atoms with Crippen LogP contribution in [-0.2, 0) is 14.3 Å². The molecule has 7 heteroatoms. The average molecular weight is 364 g/mol. The molecule has 1 aromatic carbocycles. The number of carbonyl (C=O) groups excluding carboxylic acids is 2. The molecule has 1 aliphatic rings. The lowest BCUT2D eigenvalue weighted by Gasteiger charge is -2.29. The van der Waals surface area contributed by atoms with Crippen LogP contribution >= 0.6 is 0 Å². The van der Waals surface area contributed by atoms with Crippen LogP contribution in [0.1, 0.15) is 37.8 Å². The zero-order chi connectivity index (χ0) is 19.1. The summed E-state index contributed by atoms with van der Waals surface area (Å²) in [7, 11) is 4.45. The van der Waals surface area contributed by atoms with Crippen molar-refractivity contribution in [2.75, 3.05) is 27.9 Å². The zero-order valence-electron chi connectivity index (χ0n) is 15.8. The summed E-state index contributed by atoms with van der Waals surface area (Å²) in [6, 6.07) is 5.09. The smallest absolute Gasteiger partial charge is 0.307 e. The molecule has 7 nitrogen and oxygen atoms in total. The van der Waals surface area contributed by atoms with Crippen LogP contribution < -0.4 is 20.1 Å². The maximum atomic E-state index is 12.8. The molecule has 26 heavy (non-hydrogen) atoms. The number of esters is 1. The predicted molar refractivity (Wildman–Crippen MR) is 97.3 cm³/mol. The van der Waals surface area contributed by atoms with Crippen molar-refractivity contribution in [3.63, 3.8) is 0 Å². The van der Waals surface area contributed by atoms with E-state index in [1.807, 2.05) is 0 Å². The number of hydrogen-bond donors (Lipinski definition) is 2. The molecule has 0 radical (unpaired) electrons. The Morgan fingerprint density at radius 2 is 2.04 bits per heavy atom. The second-order valence-corrected chi connectivity index (χ2v) is 6.53. The molecule has 2 N–H and O–H groups in total. The molecule has 1 aromatic rings. The summed E-state index contributed by atoms with van der Waals surface area (Å²) in [4.78, 5) is 24.6. The second-order valence-electron chi connectivity index (χ2n) is 6.53. The van der Waals surface area contributed by atoms with Crippen LogP contribution in [0, 0.1) is 5.92 Å². The number of piperidine rings is 1. The van der Waals surface area contributed by atoms with E-state index in [-0.39, 0.29) is 18.2 Å². The van der Waals surface area contributed by atoms with Gasteiger partial charge in [-0.05, 0) is 38.4 Å². The molecule has 3 atom stereocenters. The standard InChI is InChI=1S/C19H28N2O5/c1-12-9-13(7-8-20-12)19(23)21-16(11-18(22)26-4)15-6-5-14(24-2)10-17(15)25-3/h5-6,10,12-13,16,20H,7-9,11H2,1-4H3,(H,21,23)/t12-,13-,16?/m0/s1.